The summed E-state index contributed by atoms with van der Waals surface area (Å²) in [6, 6.07) is 3.31. The van der Waals surface area contributed by atoms with Gasteiger partial charge in [-0.25, -0.2) is 15.0 Å². The van der Waals surface area contributed by atoms with Crippen molar-refractivity contribution < 1.29 is 13.6 Å². The number of hydrogen-bond donors (Lipinski definition) is 2. The summed E-state index contributed by atoms with van der Waals surface area (Å²) in [5.41, 5.74) is 2.17. The van der Waals surface area contributed by atoms with Crippen molar-refractivity contribution in [3.63, 3.8) is 0 Å². The Morgan fingerprint density at radius 1 is 1.29 bits per heavy atom. The molecule has 0 aliphatic carbocycles. The first-order chi connectivity index (χ1) is 11.2. The molecule has 0 spiro atoms. The summed E-state index contributed by atoms with van der Waals surface area (Å²) >= 11 is 0. The molecule has 0 aliphatic rings. The molecule has 0 saturated heterocycles. The van der Waals surface area contributed by atoms with Crippen molar-refractivity contribution in [1.29, 1.82) is 0 Å². The Bertz CT molecular complexity index is 930. The fourth-order valence-electron chi connectivity index (χ4n) is 2.38. The fraction of sp³-hybridized carbons (Fsp3) is 0.250. The Balaban J connectivity index is 2.15. The second kappa shape index (κ2) is 5.63. The molecule has 0 radical (unpaired) electrons. The Labute approximate surface area is 136 Å². The first-order valence-electron chi connectivity index (χ1n) is 7.23. The van der Waals surface area contributed by atoms with Crippen LogP contribution in [0, 0.1) is 6.92 Å². The lowest BCUT2D eigenvalue weighted by Gasteiger charge is -2.11. The molecule has 124 valence electrons. The van der Waals surface area contributed by atoms with E-state index in [-0.39, 0.29) is 5.91 Å². The van der Waals surface area contributed by atoms with Crippen LogP contribution in [0.25, 0.3) is 22.2 Å². The molecular weight excluding hydrogens is 316 g/mol. The number of H-pyrrole nitrogens is 1. The minimum atomic E-state index is -3.13. The second-order valence-electron chi connectivity index (χ2n) is 5.61. The number of aromatic nitrogens is 4. The number of aryl methyl sites for hydroxylation is 1. The zero-order valence-electron chi connectivity index (χ0n) is 13.3. The SMILES string of the molecule is CC(=O)Nc1cc2c(-c3cc(C)nc(C(C)(F)F)n3)c[nH]c2cn1. The number of nitrogens with zero attached hydrogens (tertiary/aromatic N) is 3. The van der Waals surface area contributed by atoms with Crippen LogP contribution in [-0.4, -0.2) is 25.8 Å². The van der Waals surface area contributed by atoms with Crippen molar-refractivity contribution >= 4 is 22.6 Å². The van der Waals surface area contributed by atoms with E-state index in [0.29, 0.717) is 28.3 Å². The highest BCUT2D eigenvalue weighted by molar-refractivity contribution is 5.97. The highest BCUT2D eigenvalue weighted by Crippen LogP contribution is 2.31. The lowest BCUT2D eigenvalue weighted by molar-refractivity contribution is -0.114. The summed E-state index contributed by atoms with van der Waals surface area (Å²) in [5, 5.41) is 3.32. The Kier molecular flexibility index (Phi) is 3.75. The van der Waals surface area contributed by atoms with Crippen molar-refractivity contribution in [2.45, 2.75) is 26.7 Å². The molecule has 0 bridgehead atoms. The minimum Gasteiger partial charge on any atom is -0.359 e. The van der Waals surface area contributed by atoms with Gasteiger partial charge in [-0.3, -0.25) is 4.79 Å². The average molecular weight is 331 g/mol. The molecule has 3 heterocycles. The van der Waals surface area contributed by atoms with Crippen LogP contribution < -0.4 is 5.32 Å². The zero-order chi connectivity index (χ0) is 17.5. The second-order valence-corrected chi connectivity index (χ2v) is 5.61. The van der Waals surface area contributed by atoms with Crippen LogP contribution in [0.2, 0.25) is 0 Å². The minimum absolute atomic E-state index is 0.246. The molecule has 0 aliphatic heterocycles. The summed E-state index contributed by atoms with van der Waals surface area (Å²) in [5.74, 6) is -3.52. The van der Waals surface area contributed by atoms with Gasteiger partial charge in [-0.2, -0.15) is 8.78 Å². The van der Waals surface area contributed by atoms with Crippen molar-refractivity contribution in [2.75, 3.05) is 5.32 Å². The van der Waals surface area contributed by atoms with Crippen molar-refractivity contribution in [2.24, 2.45) is 0 Å². The maximum absolute atomic E-state index is 13.6. The lowest BCUT2D eigenvalue weighted by atomic mass is 10.1. The van der Waals surface area contributed by atoms with E-state index in [9.17, 15) is 13.6 Å². The molecule has 0 aromatic carbocycles. The van der Waals surface area contributed by atoms with Gasteiger partial charge in [0.2, 0.25) is 5.91 Å². The van der Waals surface area contributed by atoms with Gasteiger partial charge in [-0.1, -0.05) is 0 Å². The molecule has 0 unspecified atom stereocenters. The summed E-state index contributed by atoms with van der Waals surface area (Å²) < 4.78 is 27.2. The molecule has 8 heteroatoms. The smallest absolute Gasteiger partial charge is 0.303 e. The molecule has 6 nitrogen and oxygen atoms in total. The maximum Gasteiger partial charge on any atom is 0.303 e. The number of hydrogen-bond acceptors (Lipinski definition) is 4. The predicted molar refractivity (Wildman–Crippen MR) is 85.7 cm³/mol. The average Bonchev–Trinajstić information content (AvgIpc) is 2.88. The Morgan fingerprint density at radius 3 is 2.71 bits per heavy atom. The summed E-state index contributed by atoms with van der Waals surface area (Å²) in [7, 11) is 0. The van der Waals surface area contributed by atoms with E-state index in [1.807, 2.05) is 0 Å². The Morgan fingerprint density at radius 2 is 2.04 bits per heavy atom. The molecule has 3 aromatic rings. The molecule has 24 heavy (non-hydrogen) atoms. The van der Waals surface area contributed by atoms with Gasteiger partial charge in [0.05, 0.1) is 17.4 Å². The van der Waals surface area contributed by atoms with Gasteiger partial charge in [0.15, 0.2) is 5.82 Å². The molecule has 0 atom stereocenters. The highest BCUT2D eigenvalue weighted by atomic mass is 19.3. The van der Waals surface area contributed by atoms with Crippen LogP contribution in [0.15, 0.2) is 24.5 Å². The third-order valence-electron chi connectivity index (χ3n) is 3.39. The third kappa shape index (κ3) is 3.08. The zero-order valence-corrected chi connectivity index (χ0v) is 13.3. The molecule has 0 fully saturated rings. The van der Waals surface area contributed by atoms with E-state index < -0.39 is 11.7 Å². The van der Waals surface area contributed by atoms with Crippen LogP contribution in [0.4, 0.5) is 14.6 Å². The number of carbonyl (C=O) groups is 1. The molecule has 1 amide bonds. The normalized spacial score (nSPS) is 11.7. The van der Waals surface area contributed by atoms with Crippen LogP contribution >= 0.6 is 0 Å². The van der Waals surface area contributed by atoms with E-state index in [2.05, 4.69) is 25.3 Å². The van der Waals surface area contributed by atoms with Gasteiger partial charge in [-0.05, 0) is 19.1 Å². The van der Waals surface area contributed by atoms with Crippen molar-refractivity contribution in [3.8, 4) is 11.3 Å². The molecule has 2 N–H and O–H groups in total. The summed E-state index contributed by atoms with van der Waals surface area (Å²) in [6.07, 6.45) is 3.23. The van der Waals surface area contributed by atoms with Gasteiger partial charge in [0, 0.05) is 36.7 Å². The van der Waals surface area contributed by atoms with Crippen molar-refractivity contribution in [1.82, 2.24) is 19.9 Å². The van der Waals surface area contributed by atoms with Gasteiger partial charge in [-0.15, -0.1) is 0 Å². The lowest BCUT2D eigenvalue weighted by Crippen LogP contribution is -2.13. The maximum atomic E-state index is 13.6. The number of amides is 1. The first-order valence-corrected chi connectivity index (χ1v) is 7.23. The number of carbonyl (C=O) groups excluding carboxylic acids is 1. The number of anilines is 1. The van der Waals surface area contributed by atoms with Gasteiger partial charge < -0.3 is 10.3 Å². The van der Waals surface area contributed by atoms with Gasteiger partial charge >= 0.3 is 5.92 Å². The summed E-state index contributed by atoms with van der Waals surface area (Å²) in [6.45, 7) is 3.78. The van der Waals surface area contributed by atoms with E-state index in [4.69, 9.17) is 0 Å². The summed E-state index contributed by atoms with van der Waals surface area (Å²) in [4.78, 5) is 26.1. The largest absolute Gasteiger partial charge is 0.359 e. The van der Waals surface area contributed by atoms with Gasteiger partial charge in [0.25, 0.3) is 0 Å². The monoisotopic (exact) mass is 331 g/mol. The van der Waals surface area contributed by atoms with Crippen LogP contribution in [-0.2, 0) is 10.7 Å². The third-order valence-corrected chi connectivity index (χ3v) is 3.39. The number of halogens is 2. The number of nitrogens with one attached hydrogen (secondary N) is 2. The van der Waals surface area contributed by atoms with Gasteiger partial charge in [0.1, 0.15) is 5.82 Å². The topological polar surface area (TPSA) is 83.6 Å². The standard InChI is InChI=1S/C16H15F2N5O/c1-8-4-12(23-15(21-8)16(3,17)18)11-6-19-13-7-20-14(5-10(11)13)22-9(2)24/h4-7,19H,1-3H3,(H,20,22,24). The van der Waals surface area contributed by atoms with E-state index in [1.54, 1.807) is 31.5 Å². The number of pyridine rings is 1. The Hall–Kier alpha value is -2.90. The number of alkyl halides is 2. The first kappa shape index (κ1) is 16.0. The van der Waals surface area contributed by atoms with Crippen LogP contribution in [0.3, 0.4) is 0 Å². The molecule has 0 saturated carbocycles. The molecule has 3 aromatic heterocycles. The predicted octanol–water partition coefficient (Wildman–Crippen LogP) is 3.40. The highest BCUT2D eigenvalue weighted by Gasteiger charge is 2.29. The molecular formula is C16H15F2N5O. The van der Waals surface area contributed by atoms with E-state index in [0.717, 1.165) is 12.3 Å². The fourth-order valence-corrected chi connectivity index (χ4v) is 2.38. The number of aromatic amines is 1. The van der Waals surface area contributed by atoms with E-state index >= 15 is 0 Å². The van der Waals surface area contributed by atoms with Crippen LogP contribution in [0.1, 0.15) is 25.4 Å². The number of fused-ring (bicyclic) bond motifs is 1. The van der Waals surface area contributed by atoms with Crippen LogP contribution in [0.5, 0.6) is 0 Å². The number of rotatable bonds is 3. The molecule has 3 rings (SSSR count). The van der Waals surface area contributed by atoms with E-state index in [1.165, 1.54) is 6.92 Å². The quantitative estimate of drug-likeness (QED) is 0.770. The van der Waals surface area contributed by atoms with Crippen molar-refractivity contribution in [3.05, 3.63) is 36.0 Å².